The van der Waals surface area contributed by atoms with Crippen LogP contribution >= 0.6 is 0 Å². The first kappa shape index (κ1) is 14.5. The van der Waals surface area contributed by atoms with E-state index in [1.54, 1.807) is 0 Å². The van der Waals surface area contributed by atoms with Gasteiger partial charge in [0.15, 0.2) is 0 Å². The third-order valence-electron chi connectivity index (χ3n) is 2.19. The standard InChI is InChI=1S/C13H25NO/c1-4-5-6-7-9-14-10-12-15-11-8-13(2)3/h1,13-14H,5-12H2,2-3H3. The summed E-state index contributed by atoms with van der Waals surface area (Å²) in [5.74, 6) is 3.38. The van der Waals surface area contributed by atoms with Crippen molar-refractivity contribution < 1.29 is 4.74 Å². The predicted octanol–water partition coefficient (Wildman–Crippen LogP) is 2.44. The summed E-state index contributed by atoms with van der Waals surface area (Å²) in [6, 6.07) is 0. The Morgan fingerprint density at radius 3 is 2.67 bits per heavy atom. The van der Waals surface area contributed by atoms with Crippen molar-refractivity contribution >= 4 is 0 Å². The third-order valence-corrected chi connectivity index (χ3v) is 2.19. The lowest BCUT2D eigenvalue weighted by atomic mass is 10.1. The molecule has 0 saturated carbocycles. The topological polar surface area (TPSA) is 21.3 Å². The average molecular weight is 211 g/mol. The van der Waals surface area contributed by atoms with Crippen LogP contribution in [0, 0.1) is 18.3 Å². The highest BCUT2D eigenvalue weighted by Gasteiger charge is 1.93. The number of hydrogen-bond acceptors (Lipinski definition) is 2. The molecule has 0 radical (unpaired) electrons. The molecule has 0 spiro atoms. The summed E-state index contributed by atoms with van der Waals surface area (Å²) in [7, 11) is 0. The number of rotatable bonds is 10. The lowest BCUT2D eigenvalue weighted by molar-refractivity contribution is 0.125. The molecule has 0 saturated heterocycles. The number of nitrogens with one attached hydrogen (secondary N) is 1. The van der Waals surface area contributed by atoms with E-state index in [1.807, 2.05) is 0 Å². The van der Waals surface area contributed by atoms with Gasteiger partial charge in [-0.05, 0) is 31.7 Å². The SMILES string of the molecule is C#CCCCCNCCOCCC(C)C. The van der Waals surface area contributed by atoms with E-state index in [0.717, 1.165) is 57.9 Å². The molecule has 0 rings (SSSR count). The van der Waals surface area contributed by atoms with Crippen molar-refractivity contribution in [3.63, 3.8) is 0 Å². The molecular weight excluding hydrogens is 186 g/mol. The van der Waals surface area contributed by atoms with Gasteiger partial charge >= 0.3 is 0 Å². The maximum Gasteiger partial charge on any atom is 0.0590 e. The molecule has 2 heteroatoms. The number of hydrogen-bond donors (Lipinski definition) is 1. The highest BCUT2D eigenvalue weighted by Crippen LogP contribution is 1.98. The van der Waals surface area contributed by atoms with E-state index in [4.69, 9.17) is 11.2 Å². The van der Waals surface area contributed by atoms with Crippen LogP contribution in [0.2, 0.25) is 0 Å². The predicted molar refractivity (Wildman–Crippen MR) is 65.8 cm³/mol. The lowest BCUT2D eigenvalue weighted by Gasteiger charge is -2.07. The molecule has 0 heterocycles. The quantitative estimate of drug-likeness (QED) is 0.443. The Kier molecular flexibility index (Phi) is 11.2. The Balaban J connectivity index is 2.90. The van der Waals surface area contributed by atoms with E-state index in [-0.39, 0.29) is 0 Å². The van der Waals surface area contributed by atoms with Crippen LogP contribution < -0.4 is 5.32 Å². The van der Waals surface area contributed by atoms with E-state index in [0.29, 0.717) is 0 Å². The van der Waals surface area contributed by atoms with Gasteiger partial charge in [0.1, 0.15) is 0 Å². The summed E-state index contributed by atoms with van der Waals surface area (Å²) in [5.41, 5.74) is 0. The summed E-state index contributed by atoms with van der Waals surface area (Å²) in [4.78, 5) is 0. The van der Waals surface area contributed by atoms with Gasteiger partial charge in [-0.15, -0.1) is 12.3 Å². The average Bonchev–Trinajstić information content (AvgIpc) is 2.20. The second kappa shape index (κ2) is 11.6. The fourth-order valence-electron chi connectivity index (χ4n) is 1.17. The van der Waals surface area contributed by atoms with Crippen LogP contribution in [-0.2, 0) is 4.74 Å². The van der Waals surface area contributed by atoms with Gasteiger partial charge in [0.05, 0.1) is 6.61 Å². The van der Waals surface area contributed by atoms with E-state index >= 15 is 0 Å². The van der Waals surface area contributed by atoms with Crippen LogP contribution in [-0.4, -0.2) is 26.3 Å². The van der Waals surface area contributed by atoms with Crippen LogP contribution in [0.15, 0.2) is 0 Å². The monoisotopic (exact) mass is 211 g/mol. The van der Waals surface area contributed by atoms with Crippen LogP contribution in [0.3, 0.4) is 0 Å². The minimum Gasteiger partial charge on any atom is -0.380 e. The minimum absolute atomic E-state index is 0.738. The Morgan fingerprint density at radius 1 is 1.20 bits per heavy atom. The Morgan fingerprint density at radius 2 is 2.00 bits per heavy atom. The molecule has 2 nitrogen and oxygen atoms in total. The van der Waals surface area contributed by atoms with Gasteiger partial charge in [-0.1, -0.05) is 13.8 Å². The highest BCUT2D eigenvalue weighted by atomic mass is 16.5. The Hall–Kier alpha value is -0.520. The van der Waals surface area contributed by atoms with Crippen molar-refractivity contribution in [2.45, 2.75) is 39.5 Å². The summed E-state index contributed by atoms with van der Waals surface area (Å²) < 4.78 is 5.48. The maximum absolute atomic E-state index is 5.48. The second-order valence-corrected chi connectivity index (χ2v) is 4.21. The smallest absolute Gasteiger partial charge is 0.0590 e. The maximum atomic E-state index is 5.48. The second-order valence-electron chi connectivity index (χ2n) is 4.21. The Bertz CT molecular complexity index is 160. The van der Waals surface area contributed by atoms with Crippen LogP contribution in [0.4, 0.5) is 0 Å². The molecule has 0 aliphatic carbocycles. The zero-order valence-electron chi connectivity index (χ0n) is 10.2. The van der Waals surface area contributed by atoms with Gasteiger partial charge in [0.25, 0.3) is 0 Å². The van der Waals surface area contributed by atoms with Crippen LogP contribution in [0.1, 0.15) is 39.5 Å². The molecular formula is C13H25NO. The van der Waals surface area contributed by atoms with Crippen molar-refractivity contribution in [1.82, 2.24) is 5.32 Å². The molecule has 0 unspecified atom stereocenters. The van der Waals surface area contributed by atoms with Crippen LogP contribution in [0.5, 0.6) is 0 Å². The van der Waals surface area contributed by atoms with E-state index in [2.05, 4.69) is 25.1 Å². The van der Waals surface area contributed by atoms with Gasteiger partial charge in [0, 0.05) is 19.6 Å². The molecule has 88 valence electrons. The molecule has 0 bridgehead atoms. The third kappa shape index (κ3) is 13.5. The van der Waals surface area contributed by atoms with Gasteiger partial charge in [-0.2, -0.15) is 0 Å². The highest BCUT2D eigenvalue weighted by molar-refractivity contribution is 4.82. The lowest BCUT2D eigenvalue weighted by Crippen LogP contribution is -2.21. The minimum atomic E-state index is 0.738. The molecule has 0 aliphatic rings. The number of ether oxygens (including phenoxy) is 1. The molecule has 0 aliphatic heterocycles. The molecule has 0 aromatic rings. The first-order chi connectivity index (χ1) is 7.27. The molecule has 0 fully saturated rings. The molecule has 1 N–H and O–H groups in total. The fraction of sp³-hybridized carbons (Fsp3) is 0.846. The normalized spacial score (nSPS) is 10.5. The molecule has 0 amide bonds. The zero-order valence-corrected chi connectivity index (χ0v) is 10.2. The molecule has 0 aromatic carbocycles. The summed E-state index contributed by atoms with van der Waals surface area (Å²) >= 11 is 0. The Labute approximate surface area is 94.8 Å². The van der Waals surface area contributed by atoms with Crippen molar-refractivity contribution in [2.24, 2.45) is 5.92 Å². The molecule has 0 atom stereocenters. The number of terminal acetylenes is 1. The van der Waals surface area contributed by atoms with Gasteiger partial charge < -0.3 is 10.1 Å². The summed E-state index contributed by atoms with van der Waals surface area (Å²) in [6.45, 7) is 8.14. The van der Waals surface area contributed by atoms with E-state index in [1.165, 1.54) is 0 Å². The summed E-state index contributed by atoms with van der Waals surface area (Å²) in [6.07, 6.45) is 9.49. The van der Waals surface area contributed by atoms with E-state index in [9.17, 15) is 0 Å². The van der Waals surface area contributed by atoms with Crippen molar-refractivity contribution in [1.29, 1.82) is 0 Å². The largest absolute Gasteiger partial charge is 0.380 e. The van der Waals surface area contributed by atoms with Crippen molar-refractivity contribution in [3.05, 3.63) is 0 Å². The van der Waals surface area contributed by atoms with Gasteiger partial charge in [-0.3, -0.25) is 0 Å². The van der Waals surface area contributed by atoms with Crippen molar-refractivity contribution in [3.8, 4) is 12.3 Å². The number of unbranched alkanes of at least 4 members (excludes halogenated alkanes) is 2. The molecule has 15 heavy (non-hydrogen) atoms. The van der Waals surface area contributed by atoms with E-state index < -0.39 is 0 Å². The van der Waals surface area contributed by atoms with Crippen LogP contribution in [0.25, 0.3) is 0 Å². The summed E-state index contributed by atoms with van der Waals surface area (Å²) in [5, 5.41) is 3.34. The molecule has 0 aromatic heterocycles. The zero-order chi connectivity index (χ0) is 11.4. The first-order valence-electron chi connectivity index (χ1n) is 5.99. The fourth-order valence-corrected chi connectivity index (χ4v) is 1.17. The van der Waals surface area contributed by atoms with Gasteiger partial charge in [-0.25, -0.2) is 0 Å². The van der Waals surface area contributed by atoms with Crippen molar-refractivity contribution in [2.75, 3.05) is 26.3 Å². The first-order valence-corrected chi connectivity index (χ1v) is 5.99. The van der Waals surface area contributed by atoms with Gasteiger partial charge in [0.2, 0.25) is 0 Å².